The zero-order valence-electron chi connectivity index (χ0n) is 14.7. The summed E-state index contributed by atoms with van der Waals surface area (Å²) in [7, 11) is 0. The fourth-order valence-corrected chi connectivity index (χ4v) is 2.70. The van der Waals surface area contributed by atoms with Gasteiger partial charge in [0.1, 0.15) is 11.9 Å². The number of nitrogens with one attached hydrogen (secondary N) is 1. The van der Waals surface area contributed by atoms with Crippen LogP contribution in [0.1, 0.15) is 36.8 Å². The standard InChI is InChI=1S/C21H24N2O/c1-13(2)20(24)19-18(16-9-5-14(3)6-10-16)22-21(23-19)17-11-7-15(4)8-12-17/h5-13,20,24H,1-4H3,(H,22,23). The van der Waals surface area contributed by atoms with Crippen molar-refractivity contribution in [2.75, 3.05) is 0 Å². The van der Waals surface area contributed by atoms with Crippen molar-refractivity contribution in [3.63, 3.8) is 0 Å². The first-order valence-electron chi connectivity index (χ1n) is 8.37. The van der Waals surface area contributed by atoms with Crippen LogP contribution in [0.3, 0.4) is 0 Å². The van der Waals surface area contributed by atoms with Crippen molar-refractivity contribution in [1.82, 2.24) is 9.97 Å². The average molecular weight is 320 g/mol. The van der Waals surface area contributed by atoms with Gasteiger partial charge in [-0.2, -0.15) is 0 Å². The van der Waals surface area contributed by atoms with Crippen molar-refractivity contribution in [2.24, 2.45) is 5.92 Å². The van der Waals surface area contributed by atoms with Crippen molar-refractivity contribution < 1.29 is 5.11 Å². The number of aromatic nitrogens is 2. The number of H-pyrrole nitrogens is 1. The van der Waals surface area contributed by atoms with E-state index in [4.69, 9.17) is 4.98 Å². The van der Waals surface area contributed by atoms with Gasteiger partial charge in [-0.3, -0.25) is 0 Å². The number of benzene rings is 2. The van der Waals surface area contributed by atoms with E-state index in [9.17, 15) is 5.11 Å². The topological polar surface area (TPSA) is 48.9 Å². The van der Waals surface area contributed by atoms with E-state index in [0.717, 1.165) is 22.6 Å². The molecule has 0 aliphatic carbocycles. The van der Waals surface area contributed by atoms with Crippen LogP contribution in [0.4, 0.5) is 0 Å². The zero-order valence-corrected chi connectivity index (χ0v) is 14.7. The minimum absolute atomic E-state index is 0.100. The molecule has 3 aromatic rings. The molecule has 0 saturated carbocycles. The molecule has 0 aliphatic rings. The maximum absolute atomic E-state index is 10.6. The molecule has 0 aliphatic heterocycles. The molecule has 1 aromatic heterocycles. The van der Waals surface area contributed by atoms with Crippen LogP contribution in [0.5, 0.6) is 0 Å². The lowest BCUT2D eigenvalue weighted by Gasteiger charge is -2.14. The fraction of sp³-hybridized carbons (Fsp3) is 0.286. The number of aryl methyl sites for hydroxylation is 2. The van der Waals surface area contributed by atoms with Gasteiger partial charge in [0.25, 0.3) is 0 Å². The molecular formula is C21H24N2O. The summed E-state index contributed by atoms with van der Waals surface area (Å²) in [4.78, 5) is 8.14. The number of rotatable bonds is 4. The fourth-order valence-electron chi connectivity index (χ4n) is 2.70. The lowest BCUT2D eigenvalue weighted by molar-refractivity contribution is 0.123. The molecule has 24 heavy (non-hydrogen) atoms. The van der Waals surface area contributed by atoms with Gasteiger partial charge in [0, 0.05) is 5.56 Å². The van der Waals surface area contributed by atoms with Crippen molar-refractivity contribution in [2.45, 2.75) is 33.8 Å². The zero-order chi connectivity index (χ0) is 17.3. The molecule has 0 radical (unpaired) electrons. The summed E-state index contributed by atoms with van der Waals surface area (Å²) in [6, 6.07) is 16.5. The average Bonchev–Trinajstić information content (AvgIpc) is 3.00. The molecular weight excluding hydrogens is 296 g/mol. The number of imidazole rings is 1. The van der Waals surface area contributed by atoms with E-state index < -0.39 is 6.10 Å². The summed E-state index contributed by atoms with van der Waals surface area (Å²) in [5.74, 6) is 0.892. The van der Waals surface area contributed by atoms with E-state index in [1.165, 1.54) is 11.1 Å². The molecule has 2 N–H and O–H groups in total. The molecule has 1 heterocycles. The van der Waals surface area contributed by atoms with Crippen LogP contribution in [0.25, 0.3) is 22.6 Å². The smallest absolute Gasteiger partial charge is 0.138 e. The number of nitrogens with zero attached hydrogens (tertiary/aromatic N) is 1. The summed E-state index contributed by atoms with van der Waals surface area (Å²) in [6.07, 6.45) is -0.600. The van der Waals surface area contributed by atoms with Crippen molar-refractivity contribution in [1.29, 1.82) is 0 Å². The van der Waals surface area contributed by atoms with Crippen molar-refractivity contribution in [3.8, 4) is 22.6 Å². The third-order valence-electron chi connectivity index (χ3n) is 4.31. The van der Waals surface area contributed by atoms with E-state index >= 15 is 0 Å². The second kappa shape index (κ2) is 6.62. The van der Waals surface area contributed by atoms with E-state index in [-0.39, 0.29) is 5.92 Å². The Balaban J connectivity index is 2.11. The monoisotopic (exact) mass is 320 g/mol. The second-order valence-corrected chi connectivity index (χ2v) is 6.77. The number of hydrogen-bond donors (Lipinski definition) is 2. The Morgan fingerprint density at radius 1 is 0.833 bits per heavy atom. The number of aromatic amines is 1. The Labute approximate surface area is 143 Å². The molecule has 3 rings (SSSR count). The molecule has 124 valence electrons. The van der Waals surface area contributed by atoms with Gasteiger partial charge in [-0.1, -0.05) is 73.5 Å². The van der Waals surface area contributed by atoms with Crippen molar-refractivity contribution in [3.05, 3.63) is 65.4 Å². The third-order valence-corrected chi connectivity index (χ3v) is 4.31. The maximum atomic E-state index is 10.6. The van der Waals surface area contributed by atoms with Crippen LogP contribution < -0.4 is 0 Å². The molecule has 0 bridgehead atoms. The molecule has 0 amide bonds. The Morgan fingerprint density at radius 3 is 1.83 bits per heavy atom. The first-order valence-corrected chi connectivity index (χ1v) is 8.37. The molecule has 3 heteroatoms. The van der Waals surface area contributed by atoms with E-state index in [2.05, 4.69) is 67.4 Å². The SMILES string of the molecule is Cc1ccc(-c2nc(C(O)C(C)C)c(-c3ccc(C)cc3)[nH]2)cc1. The number of aliphatic hydroxyl groups is 1. The predicted octanol–water partition coefficient (Wildman–Crippen LogP) is 5.05. The minimum atomic E-state index is -0.600. The van der Waals surface area contributed by atoms with Gasteiger partial charge < -0.3 is 10.1 Å². The lowest BCUT2D eigenvalue weighted by Crippen LogP contribution is -2.07. The quantitative estimate of drug-likeness (QED) is 0.706. The molecule has 0 saturated heterocycles. The summed E-state index contributed by atoms with van der Waals surface area (Å²) in [6.45, 7) is 8.14. The highest BCUT2D eigenvalue weighted by Gasteiger charge is 2.22. The van der Waals surface area contributed by atoms with Gasteiger partial charge in [0.2, 0.25) is 0 Å². The van der Waals surface area contributed by atoms with Gasteiger partial charge in [-0.15, -0.1) is 0 Å². The van der Waals surface area contributed by atoms with Gasteiger partial charge in [0.05, 0.1) is 11.4 Å². The van der Waals surface area contributed by atoms with Crippen LogP contribution in [-0.4, -0.2) is 15.1 Å². The van der Waals surface area contributed by atoms with Crippen LogP contribution in [0.15, 0.2) is 48.5 Å². The maximum Gasteiger partial charge on any atom is 0.138 e. The first kappa shape index (κ1) is 16.5. The highest BCUT2D eigenvalue weighted by atomic mass is 16.3. The van der Waals surface area contributed by atoms with Gasteiger partial charge in [0.15, 0.2) is 0 Å². The number of aliphatic hydroxyl groups excluding tert-OH is 1. The highest BCUT2D eigenvalue weighted by molar-refractivity contribution is 5.68. The first-order chi connectivity index (χ1) is 11.5. The normalized spacial score (nSPS) is 12.6. The van der Waals surface area contributed by atoms with Crippen molar-refractivity contribution >= 4 is 0 Å². The van der Waals surface area contributed by atoms with E-state index in [1.807, 2.05) is 13.8 Å². The molecule has 1 atom stereocenters. The molecule has 2 aromatic carbocycles. The van der Waals surface area contributed by atoms with Gasteiger partial charge in [-0.05, 0) is 25.3 Å². The van der Waals surface area contributed by atoms with Crippen LogP contribution >= 0.6 is 0 Å². The molecule has 3 nitrogen and oxygen atoms in total. The predicted molar refractivity (Wildman–Crippen MR) is 98.7 cm³/mol. The Kier molecular flexibility index (Phi) is 4.54. The summed E-state index contributed by atoms with van der Waals surface area (Å²) >= 11 is 0. The number of hydrogen-bond acceptors (Lipinski definition) is 2. The van der Waals surface area contributed by atoms with E-state index in [1.54, 1.807) is 0 Å². The Hall–Kier alpha value is -2.39. The van der Waals surface area contributed by atoms with Gasteiger partial charge in [-0.25, -0.2) is 4.98 Å². The lowest BCUT2D eigenvalue weighted by atomic mass is 9.99. The second-order valence-electron chi connectivity index (χ2n) is 6.77. The molecule has 1 unspecified atom stereocenters. The van der Waals surface area contributed by atoms with Crippen LogP contribution in [0.2, 0.25) is 0 Å². The molecule has 0 spiro atoms. The summed E-state index contributed by atoms with van der Waals surface area (Å²) < 4.78 is 0. The summed E-state index contributed by atoms with van der Waals surface area (Å²) in [5.41, 5.74) is 6.10. The minimum Gasteiger partial charge on any atom is -0.386 e. The van der Waals surface area contributed by atoms with Gasteiger partial charge >= 0.3 is 0 Å². The highest BCUT2D eigenvalue weighted by Crippen LogP contribution is 2.33. The Morgan fingerprint density at radius 2 is 1.33 bits per heavy atom. The summed E-state index contributed by atoms with van der Waals surface area (Å²) in [5, 5.41) is 10.6. The van der Waals surface area contributed by atoms with Crippen LogP contribution in [-0.2, 0) is 0 Å². The molecule has 0 fully saturated rings. The Bertz CT molecular complexity index is 814. The third kappa shape index (κ3) is 3.26. The largest absolute Gasteiger partial charge is 0.386 e. The van der Waals surface area contributed by atoms with Crippen LogP contribution in [0, 0.1) is 19.8 Å². The van der Waals surface area contributed by atoms with E-state index in [0.29, 0.717) is 5.69 Å².